The van der Waals surface area contributed by atoms with Crippen molar-refractivity contribution in [3.63, 3.8) is 0 Å². The SMILES string of the molecule is CCCN(C)C(=O)C(CC(=O)O)NC(=O)C(CC(=O)O)NC(=O)C(CC(=O)O)NC(C)=O. The molecule has 32 heavy (non-hydrogen) atoms. The predicted molar refractivity (Wildman–Crippen MR) is 106 cm³/mol. The molecule has 0 aromatic rings. The topological polar surface area (TPSA) is 220 Å². The summed E-state index contributed by atoms with van der Waals surface area (Å²) in [6.07, 6.45) is -2.02. The summed E-state index contributed by atoms with van der Waals surface area (Å²) in [6.45, 7) is 3.07. The van der Waals surface area contributed by atoms with Crippen molar-refractivity contribution in [1.82, 2.24) is 20.9 Å². The zero-order valence-electron chi connectivity index (χ0n) is 17.9. The molecule has 0 heterocycles. The molecule has 0 rings (SSSR count). The summed E-state index contributed by atoms with van der Waals surface area (Å²) in [6, 6.07) is -4.90. The number of likely N-dealkylation sites (N-methyl/N-ethyl adjacent to an activating group) is 1. The van der Waals surface area contributed by atoms with Crippen LogP contribution in [0.1, 0.15) is 39.5 Å². The highest BCUT2D eigenvalue weighted by molar-refractivity contribution is 5.97. The highest BCUT2D eigenvalue weighted by Crippen LogP contribution is 2.04. The van der Waals surface area contributed by atoms with E-state index in [4.69, 9.17) is 15.3 Å². The van der Waals surface area contributed by atoms with Crippen LogP contribution in [0.25, 0.3) is 0 Å². The monoisotopic (exact) mass is 460 g/mol. The van der Waals surface area contributed by atoms with Crippen LogP contribution in [0.15, 0.2) is 0 Å². The largest absolute Gasteiger partial charge is 0.481 e. The van der Waals surface area contributed by atoms with Crippen molar-refractivity contribution in [3.05, 3.63) is 0 Å². The molecule has 3 unspecified atom stereocenters. The zero-order valence-corrected chi connectivity index (χ0v) is 17.9. The second-order valence-corrected chi connectivity index (χ2v) is 6.93. The van der Waals surface area contributed by atoms with Gasteiger partial charge in [-0.05, 0) is 6.42 Å². The van der Waals surface area contributed by atoms with Gasteiger partial charge in [-0.25, -0.2) is 0 Å². The molecule has 14 heteroatoms. The molecule has 0 spiro atoms. The van der Waals surface area contributed by atoms with Gasteiger partial charge in [0.25, 0.3) is 0 Å². The number of nitrogens with one attached hydrogen (secondary N) is 3. The number of hydrogen-bond donors (Lipinski definition) is 6. The molecular weight excluding hydrogens is 432 g/mol. The summed E-state index contributed by atoms with van der Waals surface area (Å²) >= 11 is 0. The van der Waals surface area contributed by atoms with Crippen LogP contribution in [0.2, 0.25) is 0 Å². The van der Waals surface area contributed by atoms with Crippen LogP contribution < -0.4 is 16.0 Å². The Hall–Kier alpha value is -3.71. The van der Waals surface area contributed by atoms with E-state index in [-0.39, 0.29) is 6.54 Å². The minimum atomic E-state index is -1.77. The Balaban J connectivity index is 5.62. The summed E-state index contributed by atoms with van der Waals surface area (Å²) < 4.78 is 0. The van der Waals surface area contributed by atoms with Gasteiger partial charge in [-0.3, -0.25) is 33.6 Å². The molecule has 6 N–H and O–H groups in total. The summed E-state index contributed by atoms with van der Waals surface area (Å²) in [4.78, 5) is 83.0. The molecule has 0 aliphatic rings. The average molecular weight is 460 g/mol. The zero-order chi connectivity index (χ0) is 25.0. The van der Waals surface area contributed by atoms with Gasteiger partial charge in [-0.1, -0.05) is 6.92 Å². The van der Waals surface area contributed by atoms with Crippen molar-refractivity contribution in [3.8, 4) is 0 Å². The van der Waals surface area contributed by atoms with Crippen LogP contribution >= 0.6 is 0 Å². The molecule has 0 saturated heterocycles. The van der Waals surface area contributed by atoms with Crippen molar-refractivity contribution in [2.24, 2.45) is 0 Å². The van der Waals surface area contributed by atoms with E-state index < -0.39 is 78.9 Å². The van der Waals surface area contributed by atoms with Crippen molar-refractivity contribution in [1.29, 1.82) is 0 Å². The summed E-state index contributed by atoms with van der Waals surface area (Å²) in [5.41, 5.74) is 0. The lowest BCUT2D eigenvalue weighted by Gasteiger charge is -2.26. The fourth-order valence-electron chi connectivity index (χ4n) is 2.64. The molecule has 0 aromatic heterocycles. The Bertz CT molecular complexity index is 738. The Kier molecular flexibility index (Phi) is 12.0. The lowest BCUT2D eigenvalue weighted by atomic mass is 10.1. The van der Waals surface area contributed by atoms with E-state index in [0.29, 0.717) is 6.42 Å². The van der Waals surface area contributed by atoms with Gasteiger partial charge in [0.1, 0.15) is 18.1 Å². The number of amides is 4. The minimum Gasteiger partial charge on any atom is -0.481 e. The molecule has 180 valence electrons. The average Bonchev–Trinajstić information content (AvgIpc) is 2.64. The molecule has 3 atom stereocenters. The molecule has 0 fully saturated rings. The number of aliphatic carboxylic acids is 3. The van der Waals surface area contributed by atoms with Crippen molar-refractivity contribution in [2.75, 3.05) is 13.6 Å². The smallest absolute Gasteiger partial charge is 0.305 e. The van der Waals surface area contributed by atoms with Crippen molar-refractivity contribution >= 4 is 41.5 Å². The molecule has 0 radical (unpaired) electrons. The predicted octanol–water partition coefficient (Wildman–Crippen LogP) is -2.25. The van der Waals surface area contributed by atoms with Crippen LogP contribution in [0.4, 0.5) is 0 Å². The van der Waals surface area contributed by atoms with E-state index in [0.717, 1.165) is 6.92 Å². The number of carboxylic acids is 3. The molecule has 0 saturated carbocycles. The van der Waals surface area contributed by atoms with Crippen LogP contribution in [-0.2, 0) is 33.6 Å². The number of carbonyl (C=O) groups is 7. The van der Waals surface area contributed by atoms with Gasteiger partial charge in [0.15, 0.2) is 0 Å². The van der Waals surface area contributed by atoms with Crippen LogP contribution in [0.5, 0.6) is 0 Å². The van der Waals surface area contributed by atoms with Gasteiger partial charge in [0, 0.05) is 20.5 Å². The van der Waals surface area contributed by atoms with Gasteiger partial charge in [0.05, 0.1) is 19.3 Å². The first-order valence-corrected chi connectivity index (χ1v) is 9.56. The van der Waals surface area contributed by atoms with E-state index in [2.05, 4.69) is 10.6 Å². The van der Waals surface area contributed by atoms with Crippen molar-refractivity contribution < 1.29 is 48.9 Å². The fourth-order valence-corrected chi connectivity index (χ4v) is 2.64. The number of rotatable bonds is 14. The maximum Gasteiger partial charge on any atom is 0.305 e. The van der Waals surface area contributed by atoms with Crippen LogP contribution in [0.3, 0.4) is 0 Å². The van der Waals surface area contributed by atoms with E-state index >= 15 is 0 Å². The van der Waals surface area contributed by atoms with E-state index in [1.807, 2.05) is 5.32 Å². The lowest BCUT2D eigenvalue weighted by molar-refractivity contribution is -0.145. The molecule has 0 aromatic carbocycles. The van der Waals surface area contributed by atoms with Gasteiger partial charge in [0.2, 0.25) is 23.6 Å². The minimum absolute atomic E-state index is 0.272. The first-order valence-electron chi connectivity index (χ1n) is 9.56. The highest BCUT2D eigenvalue weighted by atomic mass is 16.4. The Labute approximate surface area is 183 Å². The van der Waals surface area contributed by atoms with Crippen molar-refractivity contribution in [2.45, 2.75) is 57.7 Å². The van der Waals surface area contributed by atoms with E-state index in [1.165, 1.54) is 11.9 Å². The quantitative estimate of drug-likeness (QED) is 0.163. The van der Waals surface area contributed by atoms with Gasteiger partial charge < -0.3 is 36.2 Å². The third-order valence-corrected chi connectivity index (χ3v) is 4.01. The standard InChI is InChI=1S/C18H28N4O10/c1-4-5-22(3)18(32)12(8-15(28)29)21-17(31)11(7-14(26)27)20-16(30)10(6-13(24)25)19-9(2)23/h10-12H,4-8H2,1-3H3,(H,19,23)(H,20,30)(H,21,31)(H,24,25)(H,26,27)(H,28,29). The maximum absolute atomic E-state index is 12.6. The third-order valence-electron chi connectivity index (χ3n) is 4.01. The van der Waals surface area contributed by atoms with Gasteiger partial charge >= 0.3 is 17.9 Å². The summed E-state index contributed by atoms with van der Waals surface area (Å²) in [5, 5.41) is 33.2. The molecule has 0 aliphatic heterocycles. The molecule has 0 aliphatic carbocycles. The van der Waals surface area contributed by atoms with Gasteiger partial charge in [-0.15, -0.1) is 0 Å². The molecular formula is C18H28N4O10. The number of carbonyl (C=O) groups excluding carboxylic acids is 4. The second-order valence-electron chi connectivity index (χ2n) is 6.93. The van der Waals surface area contributed by atoms with E-state index in [9.17, 15) is 33.6 Å². The Morgan fingerprint density at radius 3 is 1.47 bits per heavy atom. The van der Waals surface area contributed by atoms with Gasteiger partial charge in [-0.2, -0.15) is 0 Å². The first kappa shape index (κ1) is 28.3. The Morgan fingerprint density at radius 1 is 0.719 bits per heavy atom. The number of nitrogens with zero attached hydrogens (tertiary/aromatic N) is 1. The molecule has 14 nitrogen and oxygen atoms in total. The number of hydrogen-bond acceptors (Lipinski definition) is 7. The van der Waals surface area contributed by atoms with Crippen LogP contribution in [0, 0.1) is 0 Å². The number of carboxylic acid groups (broad SMARTS) is 3. The van der Waals surface area contributed by atoms with E-state index in [1.54, 1.807) is 6.92 Å². The highest BCUT2D eigenvalue weighted by Gasteiger charge is 2.33. The lowest BCUT2D eigenvalue weighted by Crippen LogP contribution is -2.57. The van der Waals surface area contributed by atoms with Crippen LogP contribution in [-0.4, -0.2) is 93.5 Å². The maximum atomic E-state index is 12.6. The summed E-state index contributed by atoms with van der Waals surface area (Å²) in [5.74, 6) is -8.13. The first-order chi connectivity index (χ1) is 14.8. The normalized spacial score (nSPS) is 13.1. The Morgan fingerprint density at radius 2 is 1.09 bits per heavy atom. The summed E-state index contributed by atoms with van der Waals surface area (Å²) in [7, 11) is 1.40. The third kappa shape index (κ3) is 10.9. The molecule has 4 amide bonds. The molecule has 0 bridgehead atoms. The fraction of sp³-hybridized carbons (Fsp3) is 0.611. The second kappa shape index (κ2) is 13.6.